The zero-order valence-electron chi connectivity index (χ0n) is 13.1. The lowest BCUT2D eigenvalue weighted by atomic mass is 9.72. The predicted molar refractivity (Wildman–Crippen MR) is 82.2 cm³/mol. The number of nitrogens with one attached hydrogen (secondary N) is 1. The van der Waals surface area contributed by atoms with Crippen molar-refractivity contribution in [1.82, 2.24) is 5.32 Å². The molecule has 1 aliphatic carbocycles. The van der Waals surface area contributed by atoms with Crippen LogP contribution in [0.2, 0.25) is 0 Å². The summed E-state index contributed by atoms with van der Waals surface area (Å²) in [4.78, 5) is 0. The van der Waals surface area contributed by atoms with E-state index in [0.29, 0.717) is 5.92 Å². The van der Waals surface area contributed by atoms with E-state index in [1.807, 2.05) is 26.3 Å². The van der Waals surface area contributed by atoms with Gasteiger partial charge in [0, 0.05) is 12.7 Å². The minimum atomic E-state index is -0.138. The lowest BCUT2D eigenvalue weighted by Gasteiger charge is -2.45. The van der Waals surface area contributed by atoms with Crippen LogP contribution in [0, 0.1) is 5.92 Å². The van der Waals surface area contributed by atoms with Crippen LogP contribution < -0.4 is 10.1 Å². The van der Waals surface area contributed by atoms with Crippen molar-refractivity contribution in [1.29, 1.82) is 0 Å². The molecule has 1 N–H and O–H groups in total. The molecule has 1 aromatic carbocycles. The lowest BCUT2D eigenvalue weighted by Crippen LogP contribution is -2.47. The maximum absolute atomic E-state index is 6.04. The quantitative estimate of drug-likeness (QED) is 0.893. The van der Waals surface area contributed by atoms with Gasteiger partial charge < -0.3 is 14.8 Å². The van der Waals surface area contributed by atoms with Gasteiger partial charge in [-0.15, -0.1) is 0 Å². The minimum Gasteiger partial charge on any atom is -0.496 e. The Kier molecular flexibility index (Phi) is 5.06. The normalized spacial score (nSPS) is 28.1. The van der Waals surface area contributed by atoms with Crippen LogP contribution in [0.4, 0.5) is 0 Å². The molecule has 3 atom stereocenters. The lowest BCUT2D eigenvalue weighted by molar-refractivity contribution is -0.0794. The molecule has 112 valence electrons. The molecular formula is C17H27NO2. The summed E-state index contributed by atoms with van der Waals surface area (Å²) < 4.78 is 11.6. The topological polar surface area (TPSA) is 30.5 Å². The van der Waals surface area contributed by atoms with E-state index in [0.717, 1.165) is 18.6 Å². The first-order chi connectivity index (χ1) is 9.66. The van der Waals surface area contributed by atoms with Crippen LogP contribution in [-0.2, 0) is 4.74 Å². The van der Waals surface area contributed by atoms with Gasteiger partial charge in [0.15, 0.2) is 0 Å². The average Bonchev–Trinajstić information content (AvgIpc) is 2.48. The first-order valence-corrected chi connectivity index (χ1v) is 7.52. The summed E-state index contributed by atoms with van der Waals surface area (Å²) in [6, 6.07) is 8.40. The molecule has 3 unspecified atom stereocenters. The van der Waals surface area contributed by atoms with Crippen LogP contribution in [0.15, 0.2) is 24.3 Å². The Labute approximate surface area is 122 Å². The summed E-state index contributed by atoms with van der Waals surface area (Å²) >= 11 is 0. The number of para-hydroxylation sites is 1. The Morgan fingerprint density at radius 3 is 2.65 bits per heavy atom. The summed E-state index contributed by atoms with van der Waals surface area (Å²) in [5.74, 6) is 1.63. The number of methoxy groups -OCH3 is 2. The fourth-order valence-electron chi connectivity index (χ4n) is 3.72. The van der Waals surface area contributed by atoms with E-state index in [1.165, 1.54) is 18.4 Å². The van der Waals surface area contributed by atoms with Crippen molar-refractivity contribution in [3.05, 3.63) is 29.8 Å². The van der Waals surface area contributed by atoms with Crippen LogP contribution in [0.1, 0.15) is 44.2 Å². The molecule has 0 aliphatic heterocycles. The highest BCUT2D eigenvalue weighted by molar-refractivity contribution is 5.37. The van der Waals surface area contributed by atoms with E-state index < -0.39 is 0 Å². The molecule has 0 spiro atoms. The fourth-order valence-corrected chi connectivity index (χ4v) is 3.72. The molecule has 3 heteroatoms. The summed E-state index contributed by atoms with van der Waals surface area (Å²) in [7, 11) is 5.59. The van der Waals surface area contributed by atoms with E-state index in [9.17, 15) is 0 Å². The highest BCUT2D eigenvalue weighted by Gasteiger charge is 2.43. The number of likely N-dealkylation sites (N-methyl/N-ethyl adjacent to an activating group) is 1. The molecule has 0 bridgehead atoms. The van der Waals surface area contributed by atoms with Gasteiger partial charge in [0.1, 0.15) is 5.75 Å². The minimum absolute atomic E-state index is 0.138. The molecule has 1 aliphatic rings. The van der Waals surface area contributed by atoms with Gasteiger partial charge in [0.25, 0.3) is 0 Å². The summed E-state index contributed by atoms with van der Waals surface area (Å²) in [6.07, 6.45) is 4.71. The second kappa shape index (κ2) is 6.59. The largest absolute Gasteiger partial charge is 0.496 e. The highest BCUT2D eigenvalue weighted by atomic mass is 16.5. The Balaban J connectivity index is 2.38. The van der Waals surface area contributed by atoms with E-state index in [1.54, 1.807) is 7.11 Å². The maximum Gasteiger partial charge on any atom is 0.123 e. The van der Waals surface area contributed by atoms with E-state index in [-0.39, 0.29) is 11.6 Å². The Morgan fingerprint density at radius 1 is 1.30 bits per heavy atom. The van der Waals surface area contributed by atoms with Crippen LogP contribution >= 0.6 is 0 Å². The molecule has 3 nitrogen and oxygen atoms in total. The number of ether oxygens (including phenoxy) is 2. The van der Waals surface area contributed by atoms with Crippen molar-refractivity contribution < 1.29 is 9.47 Å². The third kappa shape index (κ3) is 2.84. The smallest absolute Gasteiger partial charge is 0.123 e. The Bertz CT molecular complexity index is 435. The molecule has 0 aromatic heterocycles. The summed E-state index contributed by atoms with van der Waals surface area (Å²) in [5, 5.41) is 3.47. The number of rotatable bonds is 5. The van der Waals surface area contributed by atoms with Crippen LogP contribution in [0.3, 0.4) is 0 Å². The molecule has 1 aromatic rings. The maximum atomic E-state index is 6.04. The zero-order valence-corrected chi connectivity index (χ0v) is 13.1. The second-order valence-corrected chi connectivity index (χ2v) is 5.93. The van der Waals surface area contributed by atoms with Gasteiger partial charge in [-0.3, -0.25) is 0 Å². The molecule has 20 heavy (non-hydrogen) atoms. The molecule has 2 rings (SSSR count). The van der Waals surface area contributed by atoms with Gasteiger partial charge in [-0.1, -0.05) is 38.0 Å². The number of benzene rings is 1. The number of hydrogen-bond acceptors (Lipinski definition) is 3. The van der Waals surface area contributed by atoms with Gasteiger partial charge >= 0.3 is 0 Å². The Morgan fingerprint density at radius 2 is 2.05 bits per heavy atom. The SMILES string of the molecule is CNC(c1ccccc1OC)C1(OC)CCCC(C)C1. The van der Waals surface area contributed by atoms with Crippen LogP contribution in [0.5, 0.6) is 5.75 Å². The van der Waals surface area contributed by atoms with Crippen molar-refractivity contribution in [2.75, 3.05) is 21.3 Å². The van der Waals surface area contributed by atoms with Crippen molar-refractivity contribution in [3.8, 4) is 5.75 Å². The Hall–Kier alpha value is -1.06. The van der Waals surface area contributed by atoms with Crippen molar-refractivity contribution in [3.63, 3.8) is 0 Å². The molecule has 1 saturated carbocycles. The molecule has 1 fully saturated rings. The molecular weight excluding hydrogens is 250 g/mol. The van der Waals surface area contributed by atoms with Crippen LogP contribution in [0.25, 0.3) is 0 Å². The third-order valence-electron chi connectivity index (χ3n) is 4.66. The van der Waals surface area contributed by atoms with Crippen LogP contribution in [-0.4, -0.2) is 26.9 Å². The molecule has 0 radical (unpaired) electrons. The zero-order chi connectivity index (χ0) is 14.6. The first-order valence-electron chi connectivity index (χ1n) is 7.52. The predicted octanol–water partition coefficient (Wildman–Crippen LogP) is 3.55. The van der Waals surface area contributed by atoms with Crippen molar-refractivity contribution >= 4 is 0 Å². The summed E-state index contributed by atoms with van der Waals surface area (Å²) in [5.41, 5.74) is 1.05. The molecule has 0 heterocycles. The summed E-state index contributed by atoms with van der Waals surface area (Å²) in [6.45, 7) is 2.32. The molecule has 0 saturated heterocycles. The van der Waals surface area contributed by atoms with E-state index in [4.69, 9.17) is 9.47 Å². The second-order valence-electron chi connectivity index (χ2n) is 5.93. The number of hydrogen-bond donors (Lipinski definition) is 1. The van der Waals surface area contributed by atoms with Gasteiger partial charge in [-0.25, -0.2) is 0 Å². The molecule has 0 amide bonds. The van der Waals surface area contributed by atoms with E-state index in [2.05, 4.69) is 24.4 Å². The average molecular weight is 277 g/mol. The first kappa shape index (κ1) is 15.3. The highest BCUT2D eigenvalue weighted by Crippen LogP contribution is 2.44. The third-order valence-corrected chi connectivity index (χ3v) is 4.66. The van der Waals surface area contributed by atoms with Gasteiger partial charge in [-0.2, -0.15) is 0 Å². The van der Waals surface area contributed by atoms with Gasteiger partial charge in [0.2, 0.25) is 0 Å². The van der Waals surface area contributed by atoms with Crippen molar-refractivity contribution in [2.45, 2.75) is 44.2 Å². The standard InChI is InChI=1S/C17H27NO2/c1-13-8-7-11-17(12-13,20-4)16(18-2)14-9-5-6-10-15(14)19-3/h5-6,9-10,13,16,18H,7-8,11-12H2,1-4H3. The monoisotopic (exact) mass is 277 g/mol. The van der Waals surface area contributed by atoms with Gasteiger partial charge in [0.05, 0.1) is 18.8 Å². The fraction of sp³-hybridized carbons (Fsp3) is 0.647. The van der Waals surface area contributed by atoms with Gasteiger partial charge in [-0.05, 0) is 31.9 Å². The van der Waals surface area contributed by atoms with E-state index >= 15 is 0 Å². The van der Waals surface area contributed by atoms with Crippen molar-refractivity contribution in [2.24, 2.45) is 5.92 Å².